The van der Waals surface area contributed by atoms with E-state index in [9.17, 15) is 14.4 Å². The van der Waals surface area contributed by atoms with Crippen LogP contribution in [0.2, 0.25) is 0 Å². The molecule has 0 saturated carbocycles. The van der Waals surface area contributed by atoms with Crippen molar-refractivity contribution in [2.24, 2.45) is 0 Å². The smallest absolute Gasteiger partial charge is 0.308 e. The van der Waals surface area contributed by atoms with Crippen molar-refractivity contribution >= 4 is 23.5 Å². The van der Waals surface area contributed by atoms with Gasteiger partial charge in [-0.3, -0.25) is 14.4 Å². The number of hydrogen-bond donors (Lipinski definition) is 2. The molecule has 182 valence electrons. The topological polar surface area (TPSA) is 93.7 Å². The van der Waals surface area contributed by atoms with Crippen LogP contribution in [0.1, 0.15) is 55.1 Å². The lowest BCUT2D eigenvalue weighted by molar-refractivity contribution is -0.132. The number of esters is 1. The molecule has 0 aliphatic rings. The first-order chi connectivity index (χ1) is 16.7. The van der Waals surface area contributed by atoms with Gasteiger partial charge in [-0.15, -0.1) is 0 Å². The molecule has 0 fully saturated rings. The van der Waals surface area contributed by atoms with Gasteiger partial charge in [-0.1, -0.05) is 50.2 Å². The second-order valence-electron chi connectivity index (χ2n) is 8.45. The van der Waals surface area contributed by atoms with Gasteiger partial charge in [-0.25, -0.2) is 0 Å². The maximum atomic E-state index is 12.6. The van der Waals surface area contributed by atoms with Crippen molar-refractivity contribution in [3.8, 4) is 11.5 Å². The van der Waals surface area contributed by atoms with E-state index < -0.39 is 12.1 Å². The molecule has 2 N–H and O–H groups in total. The fourth-order valence-corrected chi connectivity index (χ4v) is 3.47. The van der Waals surface area contributed by atoms with Gasteiger partial charge >= 0.3 is 5.97 Å². The Morgan fingerprint density at radius 2 is 1.63 bits per heavy atom. The van der Waals surface area contributed by atoms with E-state index in [-0.39, 0.29) is 24.3 Å². The predicted molar refractivity (Wildman–Crippen MR) is 135 cm³/mol. The Labute approximate surface area is 205 Å². The fraction of sp³-hybridized carbons (Fsp3) is 0.250. The number of benzene rings is 3. The van der Waals surface area contributed by atoms with Crippen molar-refractivity contribution in [2.45, 2.75) is 46.3 Å². The Morgan fingerprint density at radius 1 is 0.886 bits per heavy atom. The van der Waals surface area contributed by atoms with E-state index in [1.165, 1.54) is 13.0 Å². The van der Waals surface area contributed by atoms with Crippen LogP contribution in [-0.2, 0) is 16.1 Å². The van der Waals surface area contributed by atoms with Crippen molar-refractivity contribution in [3.05, 3.63) is 89.5 Å². The summed E-state index contributed by atoms with van der Waals surface area (Å²) in [6.07, 6.45) is -0.665. The minimum atomic E-state index is -0.665. The highest BCUT2D eigenvalue weighted by molar-refractivity contribution is 6.04. The number of carbonyl (C=O) groups excluding carboxylic acids is 3. The van der Waals surface area contributed by atoms with Crippen LogP contribution in [0.5, 0.6) is 11.5 Å². The van der Waals surface area contributed by atoms with E-state index in [1.54, 1.807) is 43.3 Å². The molecule has 3 rings (SSSR count). The van der Waals surface area contributed by atoms with Gasteiger partial charge in [0.25, 0.3) is 11.8 Å². The molecule has 0 aromatic heterocycles. The lowest BCUT2D eigenvalue weighted by atomic mass is 10.0. The largest absolute Gasteiger partial charge is 0.481 e. The third kappa shape index (κ3) is 7.43. The summed E-state index contributed by atoms with van der Waals surface area (Å²) in [5.41, 5.74) is 2.80. The first kappa shape index (κ1) is 25.5. The van der Waals surface area contributed by atoms with Gasteiger partial charge in [0.05, 0.1) is 0 Å². The summed E-state index contributed by atoms with van der Waals surface area (Å²) in [5.74, 6) is 0.248. The van der Waals surface area contributed by atoms with Crippen molar-refractivity contribution in [1.29, 1.82) is 0 Å². The minimum absolute atomic E-state index is 0.236. The van der Waals surface area contributed by atoms with Gasteiger partial charge in [-0.05, 0) is 60.4 Å². The molecule has 3 aromatic rings. The second-order valence-corrected chi connectivity index (χ2v) is 8.45. The molecule has 7 nitrogen and oxygen atoms in total. The van der Waals surface area contributed by atoms with Crippen LogP contribution in [0.25, 0.3) is 0 Å². The number of hydrogen-bond acceptors (Lipinski definition) is 5. The zero-order valence-electron chi connectivity index (χ0n) is 20.3. The average Bonchev–Trinajstić information content (AvgIpc) is 2.82. The molecule has 3 aromatic carbocycles. The molecular weight excluding hydrogens is 444 g/mol. The van der Waals surface area contributed by atoms with Gasteiger partial charge < -0.3 is 20.1 Å². The van der Waals surface area contributed by atoms with Gasteiger partial charge in [0.15, 0.2) is 6.10 Å². The molecule has 0 bridgehead atoms. The van der Waals surface area contributed by atoms with Crippen LogP contribution < -0.4 is 20.1 Å². The summed E-state index contributed by atoms with van der Waals surface area (Å²) in [5, 5.41) is 5.70. The molecule has 35 heavy (non-hydrogen) atoms. The van der Waals surface area contributed by atoms with Crippen LogP contribution in [0.15, 0.2) is 72.8 Å². The molecule has 0 saturated heterocycles. The lowest BCUT2D eigenvalue weighted by Gasteiger charge is -2.18. The Balaban J connectivity index is 1.58. The van der Waals surface area contributed by atoms with E-state index in [0.29, 0.717) is 22.7 Å². The Hall–Kier alpha value is -4.13. The van der Waals surface area contributed by atoms with E-state index >= 15 is 0 Å². The number of nitrogens with one attached hydrogen (secondary N) is 2. The lowest BCUT2D eigenvalue weighted by Crippen LogP contribution is -2.36. The normalized spacial score (nSPS) is 11.5. The average molecular weight is 475 g/mol. The molecule has 1 atom stereocenters. The summed E-state index contributed by atoms with van der Waals surface area (Å²) in [6, 6.07) is 21.3. The summed E-state index contributed by atoms with van der Waals surface area (Å²) < 4.78 is 10.9. The molecule has 0 aliphatic carbocycles. The number of rotatable bonds is 9. The van der Waals surface area contributed by atoms with Crippen LogP contribution in [0, 0.1) is 0 Å². The van der Waals surface area contributed by atoms with E-state index in [1.807, 2.05) is 30.3 Å². The Kier molecular flexibility index (Phi) is 8.62. The summed E-state index contributed by atoms with van der Waals surface area (Å²) in [7, 11) is 0. The third-order valence-corrected chi connectivity index (χ3v) is 5.22. The Bertz CT molecular complexity index is 1210. The van der Waals surface area contributed by atoms with Crippen molar-refractivity contribution in [2.75, 3.05) is 5.32 Å². The van der Waals surface area contributed by atoms with E-state index in [4.69, 9.17) is 9.47 Å². The maximum Gasteiger partial charge on any atom is 0.308 e. The summed E-state index contributed by atoms with van der Waals surface area (Å²) >= 11 is 0. The van der Waals surface area contributed by atoms with Crippen LogP contribution >= 0.6 is 0 Å². The van der Waals surface area contributed by atoms with Crippen molar-refractivity contribution in [3.63, 3.8) is 0 Å². The maximum absolute atomic E-state index is 12.6. The second kappa shape index (κ2) is 11.8. The van der Waals surface area contributed by atoms with Crippen LogP contribution in [0.4, 0.5) is 5.69 Å². The zero-order chi connectivity index (χ0) is 25.4. The number of anilines is 1. The predicted octanol–water partition coefficient (Wildman–Crippen LogP) is 5.07. The zero-order valence-corrected chi connectivity index (χ0v) is 20.3. The number of para-hydroxylation sites is 1. The Morgan fingerprint density at radius 3 is 2.37 bits per heavy atom. The third-order valence-electron chi connectivity index (χ3n) is 5.22. The van der Waals surface area contributed by atoms with Gasteiger partial charge in [-0.2, -0.15) is 0 Å². The molecule has 0 aliphatic heterocycles. The molecule has 2 amide bonds. The number of ether oxygens (including phenoxy) is 2. The van der Waals surface area contributed by atoms with Gasteiger partial charge in [0.2, 0.25) is 0 Å². The highest BCUT2D eigenvalue weighted by atomic mass is 16.5. The highest BCUT2D eigenvalue weighted by Crippen LogP contribution is 2.26. The van der Waals surface area contributed by atoms with Crippen LogP contribution in [-0.4, -0.2) is 23.9 Å². The van der Waals surface area contributed by atoms with Crippen LogP contribution in [0.3, 0.4) is 0 Å². The van der Waals surface area contributed by atoms with Gasteiger partial charge in [0.1, 0.15) is 11.5 Å². The standard InChI is InChI=1S/C28H30N2O5/c1-18(2)25-13-5-6-14-26(25)34-19(3)27(32)29-17-21-9-7-11-23(15-21)30-28(33)22-10-8-12-24(16-22)35-20(4)31/h5-16,18-19H,17H2,1-4H3,(H,29,32)(H,30,33). The quantitative estimate of drug-likeness (QED) is 0.334. The van der Waals surface area contributed by atoms with Crippen molar-refractivity contribution < 1.29 is 23.9 Å². The van der Waals surface area contributed by atoms with E-state index in [2.05, 4.69) is 24.5 Å². The highest BCUT2D eigenvalue weighted by Gasteiger charge is 2.17. The monoisotopic (exact) mass is 474 g/mol. The molecule has 0 spiro atoms. The van der Waals surface area contributed by atoms with Crippen molar-refractivity contribution in [1.82, 2.24) is 5.32 Å². The van der Waals surface area contributed by atoms with E-state index in [0.717, 1.165) is 11.1 Å². The minimum Gasteiger partial charge on any atom is -0.481 e. The first-order valence-corrected chi connectivity index (χ1v) is 11.4. The molecular formula is C28H30N2O5. The number of carbonyl (C=O) groups is 3. The summed E-state index contributed by atoms with van der Waals surface area (Å²) in [6.45, 7) is 7.45. The SMILES string of the molecule is CC(=O)Oc1cccc(C(=O)Nc2cccc(CNC(=O)C(C)Oc3ccccc3C(C)C)c2)c1. The van der Waals surface area contributed by atoms with Gasteiger partial charge in [0, 0.05) is 24.7 Å². The fourth-order valence-electron chi connectivity index (χ4n) is 3.47. The summed E-state index contributed by atoms with van der Waals surface area (Å²) in [4.78, 5) is 36.4. The molecule has 0 radical (unpaired) electrons. The molecule has 0 heterocycles. The number of amides is 2. The molecule has 1 unspecified atom stereocenters. The molecule has 7 heteroatoms. The first-order valence-electron chi connectivity index (χ1n) is 11.4.